The summed E-state index contributed by atoms with van der Waals surface area (Å²) in [6.07, 6.45) is 4.12. The van der Waals surface area contributed by atoms with Gasteiger partial charge in [-0.25, -0.2) is 4.98 Å². The third-order valence-electron chi connectivity index (χ3n) is 4.62. The van der Waals surface area contributed by atoms with Crippen molar-refractivity contribution in [2.45, 2.75) is 12.5 Å². The number of benzene rings is 1. The lowest BCUT2D eigenvalue weighted by Gasteiger charge is -2.15. The Labute approximate surface area is 156 Å². The highest BCUT2D eigenvalue weighted by molar-refractivity contribution is 5.93. The van der Waals surface area contributed by atoms with Crippen LogP contribution in [0.4, 0.5) is 0 Å². The number of hydrogen-bond donors (Lipinski definition) is 1. The van der Waals surface area contributed by atoms with Gasteiger partial charge in [0.1, 0.15) is 17.5 Å². The van der Waals surface area contributed by atoms with E-state index in [1.165, 1.54) is 0 Å². The number of pyridine rings is 2. The maximum atomic E-state index is 9.05. The van der Waals surface area contributed by atoms with Gasteiger partial charge in [0.25, 0.3) is 0 Å². The van der Waals surface area contributed by atoms with E-state index in [-0.39, 0.29) is 6.04 Å². The first-order valence-corrected chi connectivity index (χ1v) is 8.65. The molecule has 2 N–H and O–H groups in total. The highest BCUT2D eigenvalue weighted by Crippen LogP contribution is 2.32. The molecule has 132 valence electrons. The van der Waals surface area contributed by atoms with E-state index in [1.807, 2.05) is 60.4 Å². The van der Waals surface area contributed by atoms with Gasteiger partial charge in [-0.2, -0.15) is 10.4 Å². The van der Waals surface area contributed by atoms with Gasteiger partial charge in [0.2, 0.25) is 0 Å². The zero-order valence-corrected chi connectivity index (χ0v) is 14.9. The molecule has 0 amide bonds. The number of fused-ring (bicyclic) bond motifs is 1. The van der Waals surface area contributed by atoms with Crippen LogP contribution in [0.1, 0.15) is 23.0 Å². The number of hydrogen-bond acceptors (Lipinski definition) is 5. The lowest BCUT2D eigenvalue weighted by molar-refractivity contribution is 0.706. The van der Waals surface area contributed by atoms with Gasteiger partial charge >= 0.3 is 0 Å². The van der Waals surface area contributed by atoms with Crippen LogP contribution in [0, 0.1) is 11.3 Å². The van der Waals surface area contributed by atoms with Crippen LogP contribution in [-0.2, 0) is 13.5 Å². The van der Waals surface area contributed by atoms with E-state index in [9.17, 15) is 0 Å². The fourth-order valence-corrected chi connectivity index (χ4v) is 3.33. The van der Waals surface area contributed by atoms with Gasteiger partial charge in [-0.3, -0.25) is 9.67 Å². The average Bonchev–Trinajstić information content (AvgIpc) is 3.05. The molecule has 6 heteroatoms. The van der Waals surface area contributed by atoms with Crippen molar-refractivity contribution in [3.05, 3.63) is 77.9 Å². The van der Waals surface area contributed by atoms with Gasteiger partial charge in [-0.15, -0.1) is 0 Å². The van der Waals surface area contributed by atoms with Gasteiger partial charge in [0.05, 0.1) is 11.7 Å². The van der Waals surface area contributed by atoms with E-state index >= 15 is 0 Å². The summed E-state index contributed by atoms with van der Waals surface area (Å²) in [7, 11) is 1.91. The minimum Gasteiger partial charge on any atom is -0.324 e. The molecule has 0 saturated carbocycles. The fraction of sp³-hybridized carbons (Fsp3) is 0.143. The first-order valence-electron chi connectivity index (χ1n) is 8.65. The maximum Gasteiger partial charge on any atom is 0.140 e. The molecule has 0 radical (unpaired) electrons. The molecule has 0 spiro atoms. The summed E-state index contributed by atoms with van der Waals surface area (Å²) in [5, 5.41) is 14.8. The predicted octanol–water partition coefficient (Wildman–Crippen LogP) is 3.14. The maximum absolute atomic E-state index is 9.05. The third-order valence-corrected chi connectivity index (χ3v) is 4.62. The molecule has 6 nitrogen and oxygen atoms in total. The van der Waals surface area contributed by atoms with E-state index in [1.54, 1.807) is 12.3 Å². The molecule has 0 aliphatic carbocycles. The Morgan fingerprint density at radius 2 is 2.00 bits per heavy atom. The predicted molar refractivity (Wildman–Crippen MR) is 104 cm³/mol. The lowest BCUT2D eigenvalue weighted by atomic mass is 9.94. The molecular formula is C21H18N6. The van der Waals surface area contributed by atoms with Gasteiger partial charge in [-0.1, -0.05) is 30.3 Å². The van der Waals surface area contributed by atoms with Crippen molar-refractivity contribution in [1.82, 2.24) is 19.7 Å². The van der Waals surface area contributed by atoms with Crippen LogP contribution in [0.3, 0.4) is 0 Å². The van der Waals surface area contributed by atoms with Crippen molar-refractivity contribution in [2.24, 2.45) is 12.8 Å². The smallest absolute Gasteiger partial charge is 0.140 e. The Morgan fingerprint density at radius 1 is 1.15 bits per heavy atom. The second-order valence-corrected chi connectivity index (χ2v) is 6.39. The molecule has 0 fully saturated rings. The normalized spacial score (nSPS) is 12.0. The van der Waals surface area contributed by atoms with E-state index in [2.05, 4.69) is 16.0 Å². The van der Waals surface area contributed by atoms with E-state index < -0.39 is 0 Å². The number of nitriles is 1. The zero-order chi connectivity index (χ0) is 18.8. The number of rotatable bonds is 4. The van der Waals surface area contributed by atoms with Gasteiger partial charge in [0, 0.05) is 42.4 Å². The standard InChI is InChI=1S/C21H18N6/c1-27-20-13-24-10-9-18(20)21(26-27)17-8-3-2-7-16(17)19(23)11-14-5-4-6-15(12-22)25-14/h2-10,13,19H,11,23H2,1H3/t19-/m0/s1. The number of nitrogens with zero attached hydrogens (tertiary/aromatic N) is 5. The van der Waals surface area contributed by atoms with Gasteiger partial charge in [-0.05, 0) is 23.8 Å². The molecule has 0 aliphatic heterocycles. The van der Waals surface area contributed by atoms with E-state index in [0.717, 1.165) is 33.4 Å². The van der Waals surface area contributed by atoms with Gasteiger partial charge in [0.15, 0.2) is 0 Å². The molecule has 0 bridgehead atoms. The molecular weight excluding hydrogens is 336 g/mol. The quantitative estimate of drug-likeness (QED) is 0.608. The lowest BCUT2D eigenvalue weighted by Crippen LogP contribution is -2.15. The molecule has 4 rings (SSSR count). The molecule has 0 unspecified atom stereocenters. The first kappa shape index (κ1) is 16.9. The van der Waals surface area contributed by atoms with Crippen molar-refractivity contribution in [2.75, 3.05) is 0 Å². The molecule has 0 aliphatic rings. The van der Waals surface area contributed by atoms with Crippen LogP contribution in [0.2, 0.25) is 0 Å². The molecule has 3 heterocycles. The van der Waals surface area contributed by atoms with E-state index in [4.69, 9.17) is 16.1 Å². The Balaban J connectivity index is 1.75. The van der Waals surface area contributed by atoms with Crippen LogP contribution in [0.5, 0.6) is 0 Å². The fourth-order valence-electron chi connectivity index (χ4n) is 3.33. The second-order valence-electron chi connectivity index (χ2n) is 6.39. The summed E-state index contributed by atoms with van der Waals surface area (Å²) < 4.78 is 1.83. The Hall–Kier alpha value is -3.56. The van der Waals surface area contributed by atoms with Crippen LogP contribution >= 0.6 is 0 Å². The Kier molecular flexibility index (Phi) is 4.37. The monoisotopic (exact) mass is 354 g/mol. The SMILES string of the molecule is Cn1nc(-c2ccccc2[C@@H](N)Cc2cccc(C#N)n2)c2ccncc21. The average molecular weight is 354 g/mol. The summed E-state index contributed by atoms with van der Waals surface area (Å²) in [6, 6.07) is 17.2. The number of aryl methyl sites for hydroxylation is 1. The van der Waals surface area contributed by atoms with Gasteiger partial charge < -0.3 is 5.73 Å². The summed E-state index contributed by atoms with van der Waals surface area (Å²) in [5.41, 5.74) is 11.6. The van der Waals surface area contributed by atoms with Crippen molar-refractivity contribution in [3.63, 3.8) is 0 Å². The van der Waals surface area contributed by atoms with Crippen molar-refractivity contribution in [3.8, 4) is 17.3 Å². The van der Waals surface area contributed by atoms with E-state index in [0.29, 0.717) is 12.1 Å². The van der Waals surface area contributed by atoms with Crippen molar-refractivity contribution >= 4 is 10.9 Å². The topological polar surface area (TPSA) is 93.4 Å². The minimum absolute atomic E-state index is 0.262. The molecule has 4 aromatic rings. The van der Waals surface area contributed by atoms with Crippen molar-refractivity contribution in [1.29, 1.82) is 5.26 Å². The highest BCUT2D eigenvalue weighted by atomic mass is 15.3. The van der Waals surface area contributed by atoms with Crippen LogP contribution in [0.15, 0.2) is 60.9 Å². The minimum atomic E-state index is -0.262. The Bertz CT molecular complexity index is 1150. The Morgan fingerprint density at radius 3 is 2.85 bits per heavy atom. The highest BCUT2D eigenvalue weighted by Gasteiger charge is 2.18. The first-order chi connectivity index (χ1) is 13.2. The van der Waals surface area contributed by atoms with Crippen LogP contribution in [-0.4, -0.2) is 19.7 Å². The summed E-state index contributed by atoms with van der Waals surface area (Å²) in [5.74, 6) is 0. The third kappa shape index (κ3) is 3.16. The molecule has 27 heavy (non-hydrogen) atoms. The summed E-state index contributed by atoms with van der Waals surface area (Å²) in [4.78, 5) is 8.53. The van der Waals surface area contributed by atoms with Crippen molar-refractivity contribution < 1.29 is 0 Å². The largest absolute Gasteiger partial charge is 0.324 e. The zero-order valence-electron chi connectivity index (χ0n) is 14.9. The second kappa shape index (κ2) is 6.98. The molecule has 0 saturated heterocycles. The molecule has 1 atom stereocenters. The van der Waals surface area contributed by atoms with Crippen LogP contribution < -0.4 is 5.73 Å². The number of nitrogens with two attached hydrogens (primary N) is 1. The van der Waals surface area contributed by atoms with Crippen LogP contribution in [0.25, 0.3) is 22.2 Å². The summed E-state index contributed by atoms with van der Waals surface area (Å²) >= 11 is 0. The molecule has 3 aromatic heterocycles. The summed E-state index contributed by atoms with van der Waals surface area (Å²) in [6.45, 7) is 0. The molecule has 1 aromatic carbocycles. The number of aromatic nitrogens is 4.